The molecule has 2 heterocycles. The second kappa shape index (κ2) is 9.61. The van der Waals surface area contributed by atoms with E-state index in [1.807, 2.05) is 6.07 Å². The molecule has 1 aromatic rings. The van der Waals surface area contributed by atoms with Gasteiger partial charge in [-0.2, -0.15) is 0 Å². The number of benzene rings is 1. The Bertz CT molecular complexity index is 693. The van der Waals surface area contributed by atoms with Gasteiger partial charge in [0.1, 0.15) is 6.54 Å². The molecular formula is C19H28N4O5. The van der Waals surface area contributed by atoms with Crippen LogP contribution in [0.25, 0.3) is 0 Å². The summed E-state index contributed by atoms with van der Waals surface area (Å²) in [5, 5.41) is 2.89. The van der Waals surface area contributed by atoms with Crippen LogP contribution in [0.1, 0.15) is 0 Å². The summed E-state index contributed by atoms with van der Waals surface area (Å²) in [5.74, 6) is 1.03. The standard InChI is InChI=1S/C19H28N4O5/c1-26-16-4-3-15(13-17(16)27-2)23-8-7-22(19(23)25)14-18(24)20-5-6-21-9-11-28-12-10-21/h3-4,13H,5-12,14H2,1-2H3,(H,20,24). The third kappa shape index (κ3) is 4.85. The second-order valence-corrected chi connectivity index (χ2v) is 6.70. The monoisotopic (exact) mass is 392 g/mol. The van der Waals surface area contributed by atoms with Gasteiger partial charge < -0.3 is 24.4 Å². The minimum atomic E-state index is -0.185. The highest BCUT2D eigenvalue weighted by Gasteiger charge is 2.31. The van der Waals surface area contributed by atoms with E-state index < -0.39 is 0 Å². The van der Waals surface area contributed by atoms with Gasteiger partial charge in [-0.25, -0.2) is 4.79 Å². The first kappa shape index (κ1) is 20.2. The lowest BCUT2D eigenvalue weighted by Crippen LogP contribution is -2.44. The number of nitrogens with zero attached hydrogens (tertiary/aromatic N) is 3. The minimum absolute atomic E-state index is 0.0612. The van der Waals surface area contributed by atoms with E-state index >= 15 is 0 Å². The number of methoxy groups -OCH3 is 2. The highest BCUT2D eigenvalue weighted by molar-refractivity contribution is 5.96. The third-order valence-corrected chi connectivity index (χ3v) is 4.96. The molecule has 154 valence electrons. The van der Waals surface area contributed by atoms with Crippen LogP contribution in [-0.2, 0) is 9.53 Å². The molecule has 3 rings (SSSR count). The maximum Gasteiger partial charge on any atom is 0.325 e. The maximum atomic E-state index is 12.7. The van der Waals surface area contributed by atoms with Gasteiger partial charge in [0.05, 0.1) is 27.4 Å². The lowest BCUT2D eigenvalue weighted by Gasteiger charge is -2.26. The summed E-state index contributed by atoms with van der Waals surface area (Å²) < 4.78 is 15.8. The lowest BCUT2D eigenvalue weighted by molar-refractivity contribution is -0.121. The molecule has 0 spiro atoms. The van der Waals surface area contributed by atoms with Crippen molar-refractivity contribution in [3.05, 3.63) is 18.2 Å². The lowest BCUT2D eigenvalue weighted by atomic mass is 10.2. The first-order valence-electron chi connectivity index (χ1n) is 9.47. The smallest absolute Gasteiger partial charge is 0.325 e. The average molecular weight is 392 g/mol. The van der Waals surface area contributed by atoms with E-state index in [0.29, 0.717) is 31.1 Å². The Morgan fingerprint density at radius 2 is 1.86 bits per heavy atom. The molecule has 28 heavy (non-hydrogen) atoms. The molecule has 9 nitrogen and oxygen atoms in total. The van der Waals surface area contributed by atoms with Crippen LogP contribution in [0.5, 0.6) is 11.5 Å². The van der Waals surface area contributed by atoms with Gasteiger partial charge in [-0.3, -0.25) is 14.6 Å². The summed E-state index contributed by atoms with van der Waals surface area (Å²) in [6.45, 7) is 5.71. The van der Waals surface area contributed by atoms with Crippen molar-refractivity contribution in [1.82, 2.24) is 15.1 Å². The molecule has 0 aromatic heterocycles. The Kier molecular flexibility index (Phi) is 6.94. The van der Waals surface area contributed by atoms with Crippen molar-refractivity contribution in [2.24, 2.45) is 0 Å². The van der Waals surface area contributed by atoms with Crippen molar-refractivity contribution >= 4 is 17.6 Å². The molecule has 0 aliphatic carbocycles. The number of hydrogen-bond donors (Lipinski definition) is 1. The van der Waals surface area contributed by atoms with E-state index in [-0.39, 0.29) is 18.5 Å². The van der Waals surface area contributed by atoms with Gasteiger partial charge in [-0.05, 0) is 12.1 Å². The highest BCUT2D eigenvalue weighted by Crippen LogP contribution is 2.32. The van der Waals surface area contributed by atoms with Gasteiger partial charge in [0, 0.05) is 51.0 Å². The van der Waals surface area contributed by atoms with Gasteiger partial charge in [0.25, 0.3) is 0 Å². The molecule has 0 saturated carbocycles. The Balaban J connectivity index is 1.49. The van der Waals surface area contributed by atoms with Crippen molar-refractivity contribution in [1.29, 1.82) is 0 Å². The molecule has 2 aliphatic rings. The van der Waals surface area contributed by atoms with Gasteiger partial charge >= 0.3 is 6.03 Å². The first-order chi connectivity index (χ1) is 13.6. The van der Waals surface area contributed by atoms with E-state index in [0.717, 1.165) is 38.5 Å². The van der Waals surface area contributed by atoms with Gasteiger partial charge in [0.2, 0.25) is 5.91 Å². The predicted octanol–water partition coefficient (Wildman–Crippen LogP) is 0.394. The molecule has 2 saturated heterocycles. The van der Waals surface area contributed by atoms with Crippen molar-refractivity contribution in [2.45, 2.75) is 0 Å². The second-order valence-electron chi connectivity index (χ2n) is 6.70. The van der Waals surface area contributed by atoms with E-state index in [1.165, 1.54) is 0 Å². The number of rotatable bonds is 8. The van der Waals surface area contributed by atoms with Crippen molar-refractivity contribution in [3.63, 3.8) is 0 Å². The number of ether oxygens (including phenoxy) is 3. The van der Waals surface area contributed by atoms with Crippen molar-refractivity contribution in [3.8, 4) is 11.5 Å². The Labute approximate surface area is 165 Å². The molecule has 0 radical (unpaired) electrons. The molecule has 1 aromatic carbocycles. The summed E-state index contributed by atoms with van der Waals surface area (Å²) in [6, 6.07) is 5.16. The summed E-state index contributed by atoms with van der Waals surface area (Å²) in [6.07, 6.45) is 0. The van der Waals surface area contributed by atoms with E-state index in [4.69, 9.17) is 14.2 Å². The fourth-order valence-electron chi connectivity index (χ4n) is 3.37. The normalized spacial score (nSPS) is 17.7. The SMILES string of the molecule is COc1ccc(N2CCN(CC(=O)NCCN3CCOCC3)C2=O)cc1OC. The zero-order valence-electron chi connectivity index (χ0n) is 16.5. The van der Waals surface area contributed by atoms with Crippen LogP contribution in [0.15, 0.2) is 18.2 Å². The number of hydrogen-bond acceptors (Lipinski definition) is 6. The molecule has 0 bridgehead atoms. The topological polar surface area (TPSA) is 83.6 Å². The fourth-order valence-corrected chi connectivity index (χ4v) is 3.37. The Morgan fingerprint density at radius 1 is 1.11 bits per heavy atom. The number of carbonyl (C=O) groups is 2. The molecule has 9 heteroatoms. The predicted molar refractivity (Wildman–Crippen MR) is 104 cm³/mol. The largest absolute Gasteiger partial charge is 0.493 e. The summed E-state index contributed by atoms with van der Waals surface area (Å²) in [4.78, 5) is 30.4. The van der Waals surface area contributed by atoms with E-state index in [2.05, 4.69) is 10.2 Å². The quantitative estimate of drug-likeness (QED) is 0.689. The van der Waals surface area contributed by atoms with Crippen LogP contribution < -0.4 is 19.7 Å². The van der Waals surface area contributed by atoms with Crippen LogP contribution in [0, 0.1) is 0 Å². The van der Waals surface area contributed by atoms with Crippen LogP contribution in [0.2, 0.25) is 0 Å². The zero-order valence-corrected chi connectivity index (χ0v) is 16.5. The molecule has 0 unspecified atom stereocenters. The molecule has 3 amide bonds. The summed E-state index contributed by atoms with van der Waals surface area (Å²) in [7, 11) is 3.12. The maximum absolute atomic E-state index is 12.7. The third-order valence-electron chi connectivity index (χ3n) is 4.96. The number of anilines is 1. The Hall–Kier alpha value is -2.52. The molecule has 0 atom stereocenters. The summed E-state index contributed by atoms with van der Waals surface area (Å²) >= 11 is 0. The molecule has 2 aliphatic heterocycles. The number of carbonyl (C=O) groups excluding carboxylic acids is 2. The van der Waals surface area contributed by atoms with Crippen LogP contribution in [0.4, 0.5) is 10.5 Å². The first-order valence-corrected chi connectivity index (χ1v) is 9.47. The van der Waals surface area contributed by atoms with E-state index in [9.17, 15) is 9.59 Å². The zero-order chi connectivity index (χ0) is 19.9. The van der Waals surface area contributed by atoms with Crippen molar-refractivity contribution in [2.75, 3.05) is 78.1 Å². The number of urea groups is 1. The molecule has 2 fully saturated rings. The van der Waals surface area contributed by atoms with E-state index in [1.54, 1.807) is 36.2 Å². The molecular weight excluding hydrogens is 364 g/mol. The van der Waals surface area contributed by atoms with Gasteiger partial charge in [-0.15, -0.1) is 0 Å². The number of amides is 3. The number of morpholine rings is 1. The number of nitrogens with one attached hydrogen (secondary N) is 1. The minimum Gasteiger partial charge on any atom is -0.493 e. The van der Waals surface area contributed by atoms with Gasteiger partial charge in [-0.1, -0.05) is 0 Å². The van der Waals surface area contributed by atoms with Crippen LogP contribution >= 0.6 is 0 Å². The fraction of sp³-hybridized carbons (Fsp3) is 0.579. The Morgan fingerprint density at radius 3 is 2.57 bits per heavy atom. The van der Waals surface area contributed by atoms with Crippen LogP contribution in [0.3, 0.4) is 0 Å². The summed E-state index contributed by atoms with van der Waals surface area (Å²) in [5.41, 5.74) is 0.720. The van der Waals surface area contributed by atoms with Crippen molar-refractivity contribution < 1.29 is 23.8 Å². The molecule has 1 N–H and O–H groups in total. The highest BCUT2D eigenvalue weighted by atomic mass is 16.5. The van der Waals surface area contributed by atoms with Crippen LogP contribution in [-0.4, -0.2) is 95.0 Å². The average Bonchev–Trinajstić information content (AvgIpc) is 3.08. The van der Waals surface area contributed by atoms with Gasteiger partial charge in [0.15, 0.2) is 11.5 Å².